The highest BCUT2D eigenvalue weighted by Gasteiger charge is 2.34. The lowest BCUT2D eigenvalue weighted by Crippen LogP contribution is -2.61. The van der Waals surface area contributed by atoms with E-state index in [4.69, 9.17) is 0 Å². The van der Waals surface area contributed by atoms with Gasteiger partial charge in [-0.3, -0.25) is 24.2 Å². The number of amides is 3. The van der Waals surface area contributed by atoms with E-state index < -0.39 is 47.4 Å². The lowest BCUT2D eigenvalue weighted by atomic mass is 9.89. The summed E-state index contributed by atoms with van der Waals surface area (Å²) in [7, 11) is 0. The molecule has 0 bridgehead atoms. The van der Waals surface area contributed by atoms with Crippen LogP contribution in [0.3, 0.4) is 0 Å². The summed E-state index contributed by atoms with van der Waals surface area (Å²) in [5.41, 5.74) is 3.18. The van der Waals surface area contributed by atoms with Gasteiger partial charge in [-0.15, -0.1) is 0 Å². The third-order valence-corrected chi connectivity index (χ3v) is 6.99. The molecule has 1 fully saturated rings. The maximum atomic E-state index is 13.3. The second kappa shape index (κ2) is 13.2. The number of aromatic nitrogens is 2. The summed E-state index contributed by atoms with van der Waals surface area (Å²) in [4.78, 5) is 59.1. The molecule has 1 saturated heterocycles. The number of carboxylic acid groups (broad SMARTS) is 1. The quantitative estimate of drug-likeness (QED) is 0.287. The number of aliphatic hydroxyl groups is 1. The molecule has 0 aliphatic carbocycles. The molecule has 5 N–H and O–H groups in total. The molecule has 3 rings (SSSR count). The van der Waals surface area contributed by atoms with Crippen LogP contribution in [-0.2, 0) is 19.2 Å². The Morgan fingerprint density at radius 1 is 1.15 bits per heavy atom. The van der Waals surface area contributed by atoms with Crippen molar-refractivity contribution in [2.75, 3.05) is 6.54 Å². The Morgan fingerprint density at radius 2 is 1.85 bits per heavy atom. The summed E-state index contributed by atoms with van der Waals surface area (Å²) in [5.74, 6) is -2.33. The molecule has 4 atom stereocenters. The maximum absolute atomic E-state index is 13.3. The van der Waals surface area contributed by atoms with Crippen LogP contribution in [0.25, 0.3) is 17.0 Å². The highest BCUT2D eigenvalue weighted by Crippen LogP contribution is 2.22. The topological polar surface area (TPSA) is 174 Å². The highest BCUT2D eigenvalue weighted by atomic mass is 16.4. The van der Waals surface area contributed by atoms with E-state index in [9.17, 15) is 29.4 Å². The van der Waals surface area contributed by atoms with Crippen molar-refractivity contribution < 1.29 is 29.4 Å². The standard InChI is InChI=1S/C29H40N6O6/c1-16(2)23(25(37)31-17(3)26(38)35-13-7-8-21(34-35)27(39)40)33-28(41)29(5,6)12-11-19-9-10-20-15-30-24(18(4)36)32-22(20)14-19/h9-12,14-18,21,23,34,36H,7-8,13H2,1-6H3,(H,31,37)(H,33,41)(H,39,40)/b12-11+/t17-,18?,21-,23?/m0/s1. The maximum Gasteiger partial charge on any atom is 0.322 e. The van der Waals surface area contributed by atoms with Gasteiger partial charge in [0, 0.05) is 18.1 Å². The molecule has 0 spiro atoms. The Bertz CT molecular complexity index is 1320. The van der Waals surface area contributed by atoms with E-state index in [1.54, 1.807) is 53.0 Å². The van der Waals surface area contributed by atoms with Crippen molar-refractivity contribution >= 4 is 40.7 Å². The van der Waals surface area contributed by atoms with Gasteiger partial charge >= 0.3 is 5.97 Å². The van der Waals surface area contributed by atoms with Gasteiger partial charge in [-0.2, -0.15) is 0 Å². The van der Waals surface area contributed by atoms with E-state index in [-0.39, 0.29) is 11.8 Å². The van der Waals surface area contributed by atoms with Crippen molar-refractivity contribution in [3.05, 3.63) is 41.9 Å². The first-order valence-corrected chi connectivity index (χ1v) is 13.7. The molecule has 222 valence electrons. The number of rotatable bonds is 10. The van der Waals surface area contributed by atoms with Crippen molar-refractivity contribution in [3.63, 3.8) is 0 Å². The van der Waals surface area contributed by atoms with E-state index in [0.29, 0.717) is 30.7 Å². The number of carbonyl (C=O) groups excluding carboxylic acids is 3. The van der Waals surface area contributed by atoms with E-state index in [0.717, 1.165) is 10.9 Å². The number of carboxylic acids is 1. The fraction of sp³-hybridized carbons (Fsp3) is 0.517. The van der Waals surface area contributed by atoms with Crippen LogP contribution >= 0.6 is 0 Å². The summed E-state index contributed by atoms with van der Waals surface area (Å²) < 4.78 is 0. The van der Waals surface area contributed by atoms with Crippen LogP contribution in [0.4, 0.5) is 0 Å². The SMILES string of the molecule is CC(O)c1ncc2ccc(/C=C/C(C)(C)C(=O)NC(C(=O)N[C@@H](C)C(=O)N3CCC[C@@H](C(=O)O)N3)C(C)C)cc2n1. The van der Waals surface area contributed by atoms with Crippen molar-refractivity contribution in [3.8, 4) is 0 Å². The second-order valence-corrected chi connectivity index (χ2v) is 11.4. The minimum Gasteiger partial charge on any atom is -0.480 e. The number of fused-ring (bicyclic) bond motifs is 1. The first-order valence-electron chi connectivity index (χ1n) is 13.7. The van der Waals surface area contributed by atoms with Crippen molar-refractivity contribution in [1.29, 1.82) is 0 Å². The second-order valence-electron chi connectivity index (χ2n) is 11.4. The minimum atomic E-state index is -1.04. The molecule has 0 saturated carbocycles. The molecular weight excluding hydrogens is 528 g/mol. The lowest BCUT2D eigenvalue weighted by molar-refractivity contribution is -0.148. The molecule has 12 heteroatoms. The third-order valence-electron chi connectivity index (χ3n) is 6.99. The van der Waals surface area contributed by atoms with Crippen LogP contribution < -0.4 is 16.1 Å². The zero-order chi connectivity index (χ0) is 30.5. The van der Waals surface area contributed by atoms with Gasteiger partial charge in [0.1, 0.15) is 24.2 Å². The molecule has 1 aliphatic heterocycles. The number of aliphatic carboxylic acids is 1. The lowest BCUT2D eigenvalue weighted by Gasteiger charge is -2.34. The molecule has 2 aromatic rings. The van der Waals surface area contributed by atoms with Gasteiger partial charge in [0.05, 0.1) is 10.9 Å². The van der Waals surface area contributed by atoms with Crippen LogP contribution in [0, 0.1) is 11.3 Å². The monoisotopic (exact) mass is 568 g/mol. The van der Waals surface area contributed by atoms with Gasteiger partial charge in [-0.05, 0) is 58.1 Å². The van der Waals surface area contributed by atoms with Crippen LogP contribution in [-0.4, -0.2) is 73.6 Å². The van der Waals surface area contributed by atoms with E-state index in [1.807, 2.05) is 18.2 Å². The number of hydrogen-bond acceptors (Lipinski definition) is 8. The van der Waals surface area contributed by atoms with Crippen LogP contribution in [0.2, 0.25) is 0 Å². The highest BCUT2D eigenvalue weighted by molar-refractivity contribution is 5.94. The number of hydrogen-bond donors (Lipinski definition) is 5. The third kappa shape index (κ3) is 8.08. The Labute approximate surface area is 239 Å². The number of aliphatic hydroxyl groups excluding tert-OH is 1. The van der Waals surface area contributed by atoms with Gasteiger partial charge in [-0.1, -0.05) is 38.1 Å². The summed E-state index contributed by atoms with van der Waals surface area (Å²) >= 11 is 0. The number of nitrogens with zero attached hydrogens (tertiary/aromatic N) is 3. The fourth-order valence-corrected chi connectivity index (χ4v) is 4.32. The number of carbonyl (C=O) groups is 4. The van der Waals surface area contributed by atoms with Crippen molar-refractivity contribution in [2.24, 2.45) is 11.3 Å². The summed E-state index contributed by atoms with van der Waals surface area (Å²) in [6.45, 7) is 10.5. The molecule has 41 heavy (non-hydrogen) atoms. The van der Waals surface area contributed by atoms with Gasteiger partial charge in [0.25, 0.3) is 5.91 Å². The van der Waals surface area contributed by atoms with E-state index >= 15 is 0 Å². The predicted molar refractivity (Wildman–Crippen MR) is 153 cm³/mol. The zero-order valence-electron chi connectivity index (χ0n) is 24.3. The van der Waals surface area contributed by atoms with Gasteiger partial charge in [-0.25, -0.2) is 15.4 Å². The van der Waals surface area contributed by atoms with Gasteiger partial charge < -0.3 is 20.8 Å². The summed E-state index contributed by atoms with van der Waals surface area (Å²) in [5, 5.41) is 26.6. The normalized spacial score (nSPS) is 18.2. The van der Waals surface area contributed by atoms with E-state index in [1.165, 1.54) is 11.9 Å². The van der Waals surface area contributed by atoms with Crippen molar-refractivity contribution in [2.45, 2.75) is 78.6 Å². The molecule has 2 unspecified atom stereocenters. The smallest absolute Gasteiger partial charge is 0.322 e. The average molecular weight is 569 g/mol. The molecular formula is C29H40N6O6. The Morgan fingerprint density at radius 3 is 2.49 bits per heavy atom. The molecule has 1 aromatic carbocycles. The van der Waals surface area contributed by atoms with Crippen molar-refractivity contribution in [1.82, 2.24) is 31.0 Å². The predicted octanol–water partition coefficient (Wildman–Crippen LogP) is 1.95. The Hall–Kier alpha value is -3.90. The largest absolute Gasteiger partial charge is 0.480 e. The first kappa shape index (κ1) is 31.6. The Balaban J connectivity index is 1.66. The number of hydrazine groups is 1. The van der Waals surface area contributed by atoms with Crippen LogP contribution in [0.1, 0.15) is 71.9 Å². The molecule has 0 radical (unpaired) electrons. The number of nitrogens with one attached hydrogen (secondary N) is 3. The first-order chi connectivity index (χ1) is 19.2. The Kier molecular flexibility index (Phi) is 10.2. The number of benzene rings is 1. The zero-order valence-corrected chi connectivity index (χ0v) is 24.3. The summed E-state index contributed by atoms with van der Waals surface area (Å²) in [6, 6.07) is 2.88. The molecule has 2 heterocycles. The molecule has 12 nitrogen and oxygen atoms in total. The molecule has 1 aliphatic rings. The van der Waals surface area contributed by atoms with Gasteiger partial charge in [0.2, 0.25) is 11.8 Å². The van der Waals surface area contributed by atoms with Crippen LogP contribution in [0.5, 0.6) is 0 Å². The minimum absolute atomic E-state index is 0.270. The summed E-state index contributed by atoms with van der Waals surface area (Å²) in [6.07, 6.45) is 5.33. The van der Waals surface area contributed by atoms with Crippen LogP contribution in [0.15, 0.2) is 30.5 Å². The molecule has 1 aromatic heterocycles. The fourth-order valence-electron chi connectivity index (χ4n) is 4.32. The van der Waals surface area contributed by atoms with Gasteiger partial charge in [0.15, 0.2) is 5.82 Å². The average Bonchev–Trinajstić information content (AvgIpc) is 2.93. The van der Waals surface area contributed by atoms with E-state index in [2.05, 4.69) is 26.0 Å². The molecule has 3 amide bonds.